The Morgan fingerprint density at radius 1 is 1.40 bits per heavy atom. The Morgan fingerprint density at radius 3 is 2.70 bits per heavy atom. The van der Waals surface area contributed by atoms with Crippen molar-refractivity contribution >= 4 is 23.5 Å². The molecular formula is C12H20ClN5O2. The van der Waals surface area contributed by atoms with Crippen molar-refractivity contribution in [2.45, 2.75) is 20.8 Å². The van der Waals surface area contributed by atoms with Crippen LogP contribution in [0.4, 0.5) is 5.95 Å². The fourth-order valence-electron chi connectivity index (χ4n) is 1.35. The summed E-state index contributed by atoms with van der Waals surface area (Å²) in [5.41, 5.74) is 0. The number of aromatic nitrogens is 3. The molecule has 1 aromatic rings. The Morgan fingerprint density at radius 2 is 2.10 bits per heavy atom. The van der Waals surface area contributed by atoms with Crippen LogP contribution in [-0.4, -0.2) is 47.6 Å². The minimum Gasteiger partial charge on any atom is -0.464 e. The average Bonchev–Trinajstić information content (AvgIpc) is 2.36. The molecule has 0 aliphatic rings. The zero-order valence-electron chi connectivity index (χ0n) is 12.2. The fourth-order valence-corrected chi connectivity index (χ4v) is 1.49. The van der Waals surface area contributed by atoms with E-state index in [9.17, 15) is 4.79 Å². The number of nitrogens with one attached hydrogen (secondary N) is 1. The Bertz CT molecular complexity index is 455. The zero-order valence-corrected chi connectivity index (χ0v) is 12.9. The quantitative estimate of drug-likeness (QED) is 0.813. The smallest absolute Gasteiger partial charge is 0.322 e. The topological polar surface area (TPSA) is 80.2 Å². The molecule has 0 saturated heterocycles. The van der Waals surface area contributed by atoms with Crippen molar-refractivity contribution in [2.24, 2.45) is 5.92 Å². The number of carbonyl (C=O) groups is 1. The molecule has 1 heterocycles. The van der Waals surface area contributed by atoms with Crippen LogP contribution < -0.4 is 15.0 Å². The second-order valence-corrected chi connectivity index (χ2v) is 5.01. The number of ether oxygens (including phenoxy) is 1. The average molecular weight is 302 g/mol. The van der Waals surface area contributed by atoms with Crippen LogP contribution >= 0.6 is 11.6 Å². The molecule has 0 spiro atoms. The first-order valence-corrected chi connectivity index (χ1v) is 6.82. The SMILES string of the molecule is CCOc1nc(Cl)nc(N(C)CC(=O)NCC(C)C)n1. The van der Waals surface area contributed by atoms with Crippen molar-refractivity contribution in [3.63, 3.8) is 0 Å². The molecule has 0 aliphatic carbocycles. The maximum Gasteiger partial charge on any atom is 0.322 e. The van der Waals surface area contributed by atoms with Crippen molar-refractivity contribution in [3.8, 4) is 6.01 Å². The normalized spacial score (nSPS) is 10.5. The second kappa shape index (κ2) is 7.84. The highest BCUT2D eigenvalue weighted by Crippen LogP contribution is 2.13. The van der Waals surface area contributed by atoms with E-state index in [0.717, 1.165) is 0 Å². The van der Waals surface area contributed by atoms with Gasteiger partial charge in [0.05, 0.1) is 13.2 Å². The lowest BCUT2D eigenvalue weighted by Gasteiger charge is -2.17. The van der Waals surface area contributed by atoms with Gasteiger partial charge in [-0.15, -0.1) is 0 Å². The van der Waals surface area contributed by atoms with Crippen LogP contribution in [-0.2, 0) is 4.79 Å². The number of hydrogen-bond donors (Lipinski definition) is 1. The molecule has 112 valence electrons. The summed E-state index contributed by atoms with van der Waals surface area (Å²) in [6.45, 7) is 7.08. The summed E-state index contributed by atoms with van der Waals surface area (Å²) in [6.07, 6.45) is 0. The minimum absolute atomic E-state index is 0.0351. The Hall–Kier alpha value is -1.63. The van der Waals surface area contributed by atoms with Gasteiger partial charge in [-0.3, -0.25) is 4.79 Å². The van der Waals surface area contributed by atoms with E-state index in [1.54, 1.807) is 11.9 Å². The highest BCUT2D eigenvalue weighted by Gasteiger charge is 2.13. The summed E-state index contributed by atoms with van der Waals surface area (Å²) < 4.78 is 5.19. The molecule has 20 heavy (non-hydrogen) atoms. The zero-order chi connectivity index (χ0) is 15.1. The molecule has 1 amide bonds. The van der Waals surface area contributed by atoms with E-state index in [1.807, 2.05) is 20.8 Å². The molecule has 7 nitrogen and oxygen atoms in total. The molecule has 0 radical (unpaired) electrons. The van der Waals surface area contributed by atoms with E-state index in [0.29, 0.717) is 25.0 Å². The van der Waals surface area contributed by atoms with E-state index in [-0.39, 0.29) is 23.7 Å². The molecular weight excluding hydrogens is 282 g/mol. The second-order valence-electron chi connectivity index (χ2n) is 4.67. The van der Waals surface area contributed by atoms with E-state index >= 15 is 0 Å². The number of likely N-dealkylation sites (N-methyl/N-ethyl adjacent to an activating group) is 1. The van der Waals surface area contributed by atoms with E-state index < -0.39 is 0 Å². The predicted octanol–water partition coefficient (Wildman–Crippen LogP) is 1.13. The third-order valence-electron chi connectivity index (χ3n) is 2.28. The lowest BCUT2D eigenvalue weighted by molar-refractivity contribution is -0.119. The van der Waals surface area contributed by atoms with Gasteiger partial charge in [-0.25, -0.2) is 0 Å². The van der Waals surface area contributed by atoms with Gasteiger partial charge < -0.3 is 15.0 Å². The van der Waals surface area contributed by atoms with E-state index in [1.165, 1.54) is 0 Å². The predicted molar refractivity (Wildman–Crippen MR) is 77.1 cm³/mol. The molecule has 1 aromatic heterocycles. The van der Waals surface area contributed by atoms with Crippen LogP contribution in [0.25, 0.3) is 0 Å². The Kier molecular flexibility index (Phi) is 6.44. The van der Waals surface area contributed by atoms with Gasteiger partial charge >= 0.3 is 6.01 Å². The number of carbonyl (C=O) groups excluding carboxylic acids is 1. The van der Waals surface area contributed by atoms with Crippen LogP contribution in [0.2, 0.25) is 5.28 Å². The lowest BCUT2D eigenvalue weighted by atomic mass is 10.2. The van der Waals surface area contributed by atoms with Gasteiger partial charge in [0.2, 0.25) is 17.1 Å². The Labute approximate surface area is 123 Å². The highest BCUT2D eigenvalue weighted by atomic mass is 35.5. The number of anilines is 1. The number of halogens is 1. The first kappa shape index (κ1) is 16.4. The third-order valence-corrected chi connectivity index (χ3v) is 2.45. The van der Waals surface area contributed by atoms with Crippen LogP contribution in [0.15, 0.2) is 0 Å². The molecule has 0 aromatic carbocycles. The largest absolute Gasteiger partial charge is 0.464 e. The minimum atomic E-state index is -0.101. The van der Waals surface area contributed by atoms with Gasteiger partial charge in [0, 0.05) is 13.6 Å². The number of hydrogen-bond acceptors (Lipinski definition) is 6. The number of nitrogens with zero attached hydrogens (tertiary/aromatic N) is 4. The highest BCUT2D eigenvalue weighted by molar-refractivity contribution is 6.28. The van der Waals surface area contributed by atoms with E-state index in [4.69, 9.17) is 16.3 Å². The summed E-state index contributed by atoms with van der Waals surface area (Å²) in [5, 5.41) is 2.86. The summed E-state index contributed by atoms with van der Waals surface area (Å²) in [4.78, 5) is 25.2. The van der Waals surface area contributed by atoms with Crippen molar-refractivity contribution in [1.82, 2.24) is 20.3 Å². The van der Waals surface area contributed by atoms with Gasteiger partial charge in [-0.05, 0) is 24.4 Å². The monoisotopic (exact) mass is 301 g/mol. The van der Waals surface area contributed by atoms with Gasteiger partial charge in [-0.1, -0.05) is 13.8 Å². The summed E-state index contributed by atoms with van der Waals surface area (Å²) >= 11 is 5.80. The van der Waals surface area contributed by atoms with Crippen molar-refractivity contribution in [2.75, 3.05) is 31.6 Å². The van der Waals surface area contributed by atoms with Gasteiger partial charge in [0.25, 0.3) is 0 Å². The van der Waals surface area contributed by atoms with Crippen LogP contribution in [0.1, 0.15) is 20.8 Å². The molecule has 8 heteroatoms. The summed E-state index contributed by atoms with van der Waals surface area (Å²) in [7, 11) is 1.70. The molecule has 0 saturated carbocycles. The number of rotatable bonds is 7. The first-order chi connectivity index (χ1) is 9.42. The molecule has 0 atom stereocenters. The van der Waals surface area contributed by atoms with Gasteiger partial charge in [0.15, 0.2) is 0 Å². The number of amides is 1. The van der Waals surface area contributed by atoms with Gasteiger partial charge in [0.1, 0.15) is 0 Å². The Balaban J connectivity index is 2.66. The molecule has 0 fully saturated rings. The maximum absolute atomic E-state index is 11.7. The first-order valence-electron chi connectivity index (χ1n) is 6.44. The lowest BCUT2D eigenvalue weighted by Crippen LogP contribution is -2.37. The van der Waals surface area contributed by atoms with Crippen LogP contribution in [0.5, 0.6) is 6.01 Å². The summed E-state index contributed by atoms with van der Waals surface area (Å²) in [5.74, 6) is 0.601. The van der Waals surface area contributed by atoms with Crippen LogP contribution in [0, 0.1) is 5.92 Å². The van der Waals surface area contributed by atoms with Crippen LogP contribution in [0.3, 0.4) is 0 Å². The van der Waals surface area contributed by atoms with Crippen molar-refractivity contribution < 1.29 is 9.53 Å². The van der Waals surface area contributed by atoms with Gasteiger partial charge in [-0.2, -0.15) is 15.0 Å². The molecule has 0 bridgehead atoms. The van der Waals surface area contributed by atoms with Crippen molar-refractivity contribution in [3.05, 3.63) is 5.28 Å². The standard InChI is InChI=1S/C12H20ClN5O2/c1-5-20-12-16-10(13)15-11(17-12)18(4)7-9(19)14-6-8(2)3/h8H,5-7H2,1-4H3,(H,14,19). The molecule has 1 N–H and O–H groups in total. The van der Waals surface area contributed by atoms with E-state index in [2.05, 4.69) is 20.3 Å². The summed E-state index contributed by atoms with van der Waals surface area (Å²) in [6, 6.07) is 0.150. The third kappa shape index (κ3) is 5.56. The molecule has 0 unspecified atom stereocenters. The fraction of sp³-hybridized carbons (Fsp3) is 0.667. The maximum atomic E-state index is 11.7. The molecule has 0 aliphatic heterocycles. The van der Waals surface area contributed by atoms with Crippen molar-refractivity contribution in [1.29, 1.82) is 0 Å². The molecule has 1 rings (SSSR count).